The molecule has 0 saturated carbocycles. The van der Waals surface area contributed by atoms with Gasteiger partial charge in [-0.1, -0.05) is 48.5 Å². The van der Waals surface area contributed by atoms with E-state index in [-0.39, 0.29) is 0 Å². The molecule has 0 spiro atoms. The van der Waals surface area contributed by atoms with Gasteiger partial charge in [0.2, 0.25) is 0 Å². The number of benzene rings is 4. The summed E-state index contributed by atoms with van der Waals surface area (Å²) in [4.78, 5) is 4.38. The summed E-state index contributed by atoms with van der Waals surface area (Å²) in [5, 5.41) is 24.4. The molecular weight excluding hydrogens is 470 g/mol. The van der Waals surface area contributed by atoms with Gasteiger partial charge >= 0.3 is 0 Å². The summed E-state index contributed by atoms with van der Waals surface area (Å²) < 4.78 is 5.97. The van der Waals surface area contributed by atoms with Gasteiger partial charge in [-0.05, 0) is 84.7 Å². The Morgan fingerprint density at radius 2 is 1.82 bits per heavy atom. The van der Waals surface area contributed by atoms with Crippen LogP contribution in [0, 0.1) is 11.3 Å². The number of hydrogen-bond donors (Lipinski definition) is 1. The maximum Gasteiger partial charge on any atom is 0.123 e. The van der Waals surface area contributed by atoms with Crippen LogP contribution in [0.15, 0.2) is 78.9 Å². The van der Waals surface area contributed by atoms with Gasteiger partial charge in [0.25, 0.3) is 0 Å². The van der Waals surface area contributed by atoms with E-state index >= 15 is 0 Å². The van der Waals surface area contributed by atoms with E-state index in [2.05, 4.69) is 59.3 Å². The molecule has 1 heterocycles. The van der Waals surface area contributed by atoms with E-state index in [1.54, 1.807) is 7.11 Å². The third-order valence-corrected chi connectivity index (χ3v) is 7.89. The molecule has 0 aliphatic carbocycles. The zero-order chi connectivity index (χ0) is 26.9. The fourth-order valence-corrected chi connectivity index (χ4v) is 5.78. The third-order valence-electron chi connectivity index (χ3n) is 7.89. The molecule has 4 aromatic rings. The van der Waals surface area contributed by atoms with Gasteiger partial charge in [-0.3, -0.25) is 0 Å². The summed E-state index contributed by atoms with van der Waals surface area (Å²) in [6.07, 6.45) is 1.55. The number of likely N-dealkylation sites (N-methyl/N-ethyl adjacent to an activating group) is 1. The zero-order valence-corrected chi connectivity index (χ0v) is 22.6. The Labute approximate surface area is 225 Å². The average molecular weight is 506 g/mol. The van der Waals surface area contributed by atoms with Crippen LogP contribution in [-0.2, 0) is 12.0 Å². The minimum atomic E-state index is -1.22. The van der Waals surface area contributed by atoms with E-state index in [9.17, 15) is 10.4 Å². The van der Waals surface area contributed by atoms with Crippen LogP contribution >= 0.6 is 0 Å². The molecule has 38 heavy (non-hydrogen) atoms. The largest absolute Gasteiger partial charge is 0.496 e. The second-order valence-corrected chi connectivity index (χ2v) is 10.6. The van der Waals surface area contributed by atoms with Crippen molar-refractivity contribution in [2.24, 2.45) is 0 Å². The first kappa shape index (κ1) is 25.8. The first-order chi connectivity index (χ1) is 18.3. The van der Waals surface area contributed by atoms with Crippen LogP contribution in [0.3, 0.4) is 0 Å². The lowest BCUT2D eigenvalue weighted by Gasteiger charge is -2.39. The van der Waals surface area contributed by atoms with Crippen LogP contribution in [0.5, 0.6) is 5.75 Å². The molecule has 1 aliphatic heterocycles. The Kier molecular flexibility index (Phi) is 7.12. The van der Waals surface area contributed by atoms with E-state index in [4.69, 9.17) is 4.74 Å². The predicted octanol–water partition coefficient (Wildman–Crippen LogP) is 5.68. The molecule has 5 nitrogen and oxygen atoms in total. The molecular formula is C33H35N3O2. The van der Waals surface area contributed by atoms with Crippen LogP contribution in [0.25, 0.3) is 10.8 Å². The zero-order valence-electron chi connectivity index (χ0n) is 22.6. The Morgan fingerprint density at radius 1 is 1.03 bits per heavy atom. The third kappa shape index (κ3) is 4.74. The first-order valence-corrected chi connectivity index (χ1v) is 13.1. The lowest BCUT2D eigenvalue weighted by atomic mass is 9.71. The van der Waals surface area contributed by atoms with Crippen LogP contribution in [-0.4, -0.2) is 51.3 Å². The minimum Gasteiger partial charge on any atom is -0.496 e. The molecule has 0 amide bonds. The number of hydrogen-bond acceptors (Lipinski definition) is 5. The summed E-state index contributed by atoms with van der Waals surface area (Å²) in [6, 6.07) is 28.7. The van der Waals surface area contributed by atoms with Gasteiger partial charge < -0.3 is 19.6 Å². The molecule has 5 heteroatoms. The molecule has 0 radical (unpaired) electrons. The molecule has 4 aromatic carbocycles. The van der Waals surface area contributed by atoms with E-state index in [0.717, 1.165) is 46.2 Å². The number of methoxy groups -OCH3 is 1. The molecule has 194 valence electrons. The van der Waals surface area contributed by atoms with Crippen molar-refractivity contribution >= 4 is 16.5 Å². The van der Waals surface area contributed by atoms with Crippen molar-refractivity contribution in [2.45, 2.75) is 24.4 Å². The summed E-state index contributed by atoms with van der Waals surface area (Å²) >= 11 is 0. The summed E-state index contributed by atoms with van der Waals surface area (Å²) in [6.45, 7) is 1.69. The van der Waals surface area contributed by atoms with Gasteiger partial charge in [-0.2, -0.15) is 5.26 Å². The smallest absolute Gasteiger partial charge is 0.123 e. The molecule has 0 aromatic heterocycles. The van der Waals surface area contributed by atoms with Crippen molar-refractivity contribution in [3.05, 3.63) is 107 Å². The van der Waals surface area contributed by atoms with Crippen molar-refractivity contribution in [1.82, 2.24) is 4.90 Å². The molecule has 5 rings (SSSR count). The molecule has 0 bridgehead atoms. The summed E-state index contributed by atoms with van der Waals surface area (Å²) in [7, 11) is 7.87. The number of nitriles is 1. The average Bonchev–Trinajstić information content (AvgIpc) is 3.31. The Morgan fingerprint density at radius 3 is 2.53 bits per heavy atom. The van der Waals surface area contributed by atoms with Crippen LogP contribution < -0.4 is 9.64 Å². The van der Waals surface area contributed by atoms with Crippen LogP contribution in [0.2, 0.25) is 0 Å². The molecule has 0 fully saturated rings. The van der Waals surface area contributed by atoms with E-state index in [0.29, 0.717) is 18.5 Å². The molecule has 1 aliphatic rings. The number of rotatable bonds is 8. The topological polar surface area (TPSA) is 59.7 Å². The van der Waals surface area contributed by atoms with Crippen molar-refractivity contribution < 1.29 is 9.84 Å². The summed E-state index contributed by atoms with van der Waals surface area (Å²) in [5.74, 6) is 0.316. The van der Waals surface area contributed by atoms with E-state index < -0.39 is 11.5 Å². The normalized spacial score (nSPS) is 15.2. The lowest BCUT2D eigenvalue weighted by Crippen LogP contribution is -2.38. The maximum absolute atomic E-state index is 13.0. The van der Waals surface area contributed by atoms with Gasteiger partial charge in [-0.15, -0.1) is 0 Å². The number of fused-ring (bicyclic) bond motifs is 2. The van der Waals surface area contributed by atoms with Crippen LogP contribution in [0.4, 0.5) is 5.69 Å². The highest BCUT2D eigenvalue weighted by Crippen LogP contribution is 2.49. The van der Waals surface area contributed by atoms with Crippen LogP contribution in [0.1, 0.15) is 40.2 Å². The number of ether oxygens (including phenoxy) is 1. The van der Waals surface area contributed by atoms with Crippen molar-refractivity contribution in [3.63, 3.8) is 0 Å². The SMILES string of the molecule is COc1cc2ccc(C#N)cc2cc1[C@@H](c1ccccc1)[C@@](O)(CCN(C)C)c1ccc2c(c1)N(C)CC2. The monoisotopic (exact) mass is 505 g/mol. The van der Waals surface area contributed by atoms with Gasteiger partial charge in [0.1, 0.15) is 11.4 Å². The lowest BCUT2D eigenvalue weighted by molar-refractivity contribution is 0.00398. The van der Waals surface area contributed by atoms with Crippen molar-refractivity contribution in [1.29, 1.82) is 5.26 Å². The van der Waals surface area contributed by atoms with Gasteiger partial charge in [0.05, 0.1) is 18.7 Å². The highest BCUT2D eigenvalue weighted by atomic mass is 16.5. The minimum absolute atomic E-state index is 0.404. The van der Waals surface area contributed by atoms with Gasteiger partial charge in [-0.25, -0.2) is 0 Å². The van der Waals surface area contributed by atoms with E-state index in [1.165, 1.54) is 11.3 Å². The van der Waals surface area contributed by atoms with Crippen molar-refractivity contribution in [3.8, 4) is 11.8 Å². The molecule has 2 atom stereocenters. The highest BCUT2D eigenvalue weighted by Gasteiger charge is 2.42. The standard InChI is InChI=1S/C33H35N3O2/c1-35(2)17-15-33(37,28-13-12-24-14-16-36(3)30(24)21-28)32(25-8-6-5-7-9-25)29-19-27-18-23(22-34)10-11-26(27)20-31(29)38-4/h5-13,18-21,32,37H,14-17H2,1-4H3/t32-,33-/m1/s1. The quantitative estimate of drug-likeness (QED) is 0.334. The first-order valence-electron chi connectivity index (χ1n) is 13.1. The second-order valence-electron chi connectivity index (χ2n) is 10.6. The fraction of sp³-hybridized carbons (Fsp3) is 0.303. The fourth-order valence-electron chi connectivity index (χ4n) is 5.78. The maximum atomic E-state index is 13.0. The number of aliphatic hydroxyl groups is 1. The molecule has 0 unspecified atom stereocenters. The number of anilines is 1. The second kappa shape index (κ2) is 10.5. The number of nitrogens with zero attached hydrogens (tertiary/aromatic N) is 3. The molecule has 1 N–H and O–H groups in total. The predicted molar refractivity (Wildman–Crippen MR) is 154 cm³/mol. The molecule has 0 saturated heterocycles. The Balaban J connectivity index is 1.78. The Bertz CT molecular complexity index is 1490. The van der Waals surface area contributed by atoms with E-state index in [1.807, 2.05) is 56.6 Å². The van der Waals surface area contributed by atoms with Crippen molar-refractivity contribution in [2.75, 3.05) is 46.2 Å². The Hall–Kier alpha value is -3.85. The summed E-state index contributed by atoms with van der Waals surface area (Å²) in [5.41, 5.74) is 4.69. The van der Waals surface area contributed by atoms with Gasteiger partial charge in [0, 0.05) is 37.3 Å². The highest BCUT2D eigenvalue weighted by molar-refractivity contribution is 5.86. The van der Waals surface area contributed by atoms with Gasteiger partial charge in [0.15, 0.2) is 0 Å².